The summed E-state index contributed by atoms with van der Waals surface area (Å²) in [5, 5.41) is 3.05. The number of carbonyl (C=O) groups is 1. The number of amides is 2. The van der Waals surface area contributed by atoms with E-state index in [1.54, 1.807) is 0 Å². The van der Waals surface area contributed by atoms with Gasteiger partial charge in [0.1, 0.15) is 0 Å². The maximum absolute atomic E-state index is 12.4. The number of benzene rings is 1. The molecule has 1 aromatic rings. The number of urea groups is 1. The zero-order chi connectivity index (χ0) is 16.2. The van der Waals surface area contributed by atoms with Crippen molar-refractivity contribution < 1.29 is 9.53 Å². The van der Waals surface area contributed by atoms with Gasteiger partial charge in [-0.3, -0.25) is 0 Å². The molecule has 0 aliphatic carbocycles. The van der Waals surface area contributed by atoms with Crippen LogP contribution in [0, 0.1) is 5.92 Å². The summed E-state index contributed by atoms with van der Waals surface area (Å²) < 4.78 is 5.47. The number of rotatable bonds is 5. The van der Waals surface area contributed by atoms with Gasteiger partial charge in [-0.25, -0.2) is 4.79 Å². The number of likely N-dealkylation sites (tertiary alicyclic amines) is 1. The van der Waals surface area contributed by atoms with Crippen molar-refractivity contribution in [2.75, 3.05) is 49.6 Å². The second-order valence-corrected chi connectivity index (χ2v) is 6.36. The predicted octanol–water partition coefficient (Wildman–Crippen LogP) is 2.96. The Bertz CT molecular complexity index is 561. The van der Waals surface area contributed by atoms with E-state index in [1.807, 2.05) is 17.9 Å². The molecule has 0 saturated carbocycles. The summed E-state index contributed by atoms with van der Waals surface area (Å²) in [6.45, 7) is 9.36. The van der Waals surface area contributed by atoms with Crippen molar-refractivity contribution in [3.63, 3.8) is 0 Å². The van der Waals surface area contributed by atoms with E-state index in [9.17, 15) is 4.79 Å². The van der Waals surface area contributed by atoms with Gasteiger partial charge in [-0.15, -0.1) is 0 Å². The van der Waals surface area contributed by atoms with Crippen molar-refractivity contribution in [3.8, 4) is 0 Å². The molecule has 2 aliphatic heterocycles. The van der Waals surface area contributed by atoms with Gasteiger partial charge in [0.05, 0.1) is 6.61 Å². The molecule has 126 valence electrons. The van der Waals surface area contributed by atoms with Gasteiger partial charge in [-0.05, 0) is 44.4 Å². The first-order valence-electron chi connectivity index (χ1n) is 8.72. The first-order chi connectivity index (χ1) is 11.2. The number of hydrogen-bond donors (Lipinski definition) is 1. The minimum absolute atomic E-state index is 0.00462. The Morgan fingerprint density at radius 3 is 3.00 bits per heavy atom. The van der Waals surface area contributed by atoms with E-state index >= 15 is 0 Å². The Labute approximate surface area is 138 Å². The smallest absolute Gasteiger partial charge is 0.321 e. The fourth-order valence-corrected chi connectivity index (χ4v) is 3.49. The molecule has 3 rings (SSSR count). The van der Waals surface area contributed by atoms with E-state index in [1.165, 1.54) is 11.3 Å². The van der Waals surface area contributed by atoms with Gasteiger partial charge in [0.25, 0.3) is 0 Å². The molecular formula is C18H27N3O2. The summed E-state index contributed by atoms with van der Waals surface area (Å²) >= 11 is 0. The van der Waals surface area contributed by atoms with Crippen LogP contribution in [0.25, 0.3) is 0 Å². The molecule has 1 atom stereocenters. The fourth-order valence-electron chi connectivity index (χ4n) is 3.49. The molecule has 2 amide bonds. The van der Waals surface area contributed by atoms with Crippen LogP contribution in [0.1, 0.15) is 25.8 Å². The van der Waals surface area contributed by atoms with Gasteiger partial charge in [-0.1, -0.05) is 6.07 Å². The average molecular weight is 317 g/mol. The predicted molar refractivity (Wildman–Crippen MR) is 93.2 cm³/mol. The van der Waals surface area contributed by atoms with Gasteiger partial charge in [0, 0.05) is 50.1 Å². The van der Waals surface area contributed by atoms with Gasteiger partial charge < -0.3 is 19.9 Å². The molecule has 1 fully saturated rings. The largest absolute Gasteiger partial charge is 0.381 e. The molecular weight excluding hydrogens is 290 g/mol. The van der Waals surface area contributed by atoms with Gasteiger partial charge >= 0.3 is 6.03 Å². The minimum Gasteiger partial charge on any atom is -0.381 e. The molecule has 2 heterocycles. The van der Waals surface area contributed by atoms with E-state index < -0.39 is 0 Å². The van der Waals surface area contributed by atoms with Gasteiger partial charge in [0.2, 0.25) is 0 Å². The Kier molecular flexibility index (Phi) is 5.06. The van der Waals surface area contributed by atoms with E-state index in [0.29, 0.717) is 5.92 Å². The maximum Gasteiger partial charge on any atom is 0.321 e. The number of nitrogens with one attached hydrogen (secondary N) is 1. The van der Waals surface area contributed by atoms with Crippen molar-refractivity contribution in [3.05, 3.63) is 23.8 Å². The highest BCUT2D eigenvalue weighted by Crippen LogP contribution is 2.30. The Hall–Kier alpha value is -1.75. The van der Waals surface area contributed by atoms with Crippen LogP contribution in [0.5, 0.6) is 0 Å². The highest BCUT2D eigenvalue weighted by Gasteiger charge is 2.26. The summed E-state index contributed by atoms with van der Waals surface area (Å²) in [5.74, 6) is 0.469. The maximum atomic E-state index is 12.4. The van der Waals surface area contributed by atoms with Crippen molar-refractivity contribution in [1.29, 1.82) is 0 Å². The van der Waals surface area contributed by atoms with E-state index in [0.717, 1.165) is 57.9 Å². The molecule has 1 unspecified atom stereocenters. The zero-order valence-corrected chi connectivity index (χ0v) is 14.2. The molecule has 0 radical (unpaired) electrons. The normalized spacial score (nSPS) is 20.0. The molecule has 2 aliphatic rings. The number of carbonyl (C=O) groups excluding carboxylic acids is 1. The number of hydrogen-bond acceptors (Lipinski definition) is 3. The number of likely N-dealkylation sites (N-methyl/N-ethyl adjacent to an activating group) is 1. The Morgan fingerprint density at radius 1 is 1.35 bits per heavy atom. The van der Waals surface area contributed by atoms with Crippen LogP contribution in [0.4, 0.5) is 16.2 Å². The summed E-state index contributed by atoms with van der Waals surface area (Å²) in [6, 6.07) is 6.27. The molecule has 23 heavy (non-hydrogen) atoms. The summed E-state index contributed by atoms with van der Waals surface area (Å²) in [6.07, 6.45) is 2.13. The monoisotopic (exact) mass is 317 g/mol. The second-order valence-electron chi connectivity index (χ2n) is 6.36. The third-order valence-corrected chi connectivity index (χ3v) is 4.84. The van der Waals surface area contributed by atoms with E-state index in [4.69, 9.17) is 4.74 Å². The molecule has 5 nitrogen and oxygen atoms in total. The quantitative estimate of drug-likeness (QED) is 0.908. The Balaban J connectivity index is 1.59. The van der Waals surface area contributed by atoms with Crippen LogP contribution in [-0.4, -0.2) is 50.3 Å². The topological polar surface area (TPSA) is 44.8 Å². The summed E-state index contributed by atoms with van der Waals surface area (Å²) in [7, 11) is 0. The third kappa shape index (κ3) is 3.61. The van der Waals surface area contributed by atoms with E-state index in [-0.39, 0.29) is 6.03 Å². The summed E-state index contributed by atoms with van der Waals surface area (Å²) in [5.41, 5.74) is 3.53. The molecule has 1 N–H and O–H groups in total. The highest BCUT2D eigenvalue weighted by molar-refractivity contribution is 5.90. The molecule has 0 aromatic heterocycles. The van der Waals surface area contributed by atoms with Crippen LogP contribution in [0.2, 0.25) is 0 Å². The molecule has 1 saturated heterocycles. The lowest BCUT2D eigenvalue weighted by Crippen LogP contribution is -2.33. The summed E-state index contributed by atoms with van der Waals surface area (Å²) in [4.78, 5) is 16.7. The van der Waals surface area contributed by atoms with Crippen LogP contribution in [0.3, 0.4) is 0 Å². The van der Waals surface area contributed by atoms with E-state index in [2.05, 4.69) is 29.3 Å². The highest BCUT2D eigenvalue weighted by atomic mass is 16.5. The van der Waals surface area contributed by atoms with Gasteiger partial charge in [-0.2, -0.15) is 0 Å². The average Bonchev–Trinajstić information content (AvgIpc) is 3.19. The fraction of sp³-hybridized carbons (Fsp3) is 0.611. The number of nitrogens with zero attached hydrogens (tertiary/aromatic N) is 2. The Morgan fingerprint density at radius 2 is 2.22 bits per heavy atom. The number of fused-ring (bicyclic) bond motifs is 1. The zero-order valence-electron chi connectivity index (χ0n) is 14.2. The third-order valence-electron chi connectivity index (χ3n) is 4.84. The van der Waals surface area contributed by atoms with Crippen molar-refractivity contribution in [2.24, 2.45) is 5.92 Å². The number of ether oxygens (including phenoxy) is 1. The molecule has 0 spiro atoms. The van der Waals surface area contributed by atoms with Gasteiger partial charge in [0.15, 0.2) is 0 Å². The van der Waals surface area contributed by atoms with Crippen LogP contribution < -0.4 is 10.2 Å². The molecule has 5 heteroatoms. The van der Waals surface area contributed by atoms with Crippen molar-refractivity contribution >= 4 is 17.4 Å². The first kappa shape index (κ1) is 16.1. The van der Waals surface area contributed by atoms with Crippen LogP contribution in [0.15, 0.2) is 18.2 Å². The van der Waals surface area contributed by atoms with Crippen molar-refractivity contribution in [1.82, 2.24) is 4.90 Å². The molecule has 0 bridgehead atoms. The van der Waals surface area contributed by atoms with Crippen molar-refractivity contribution in [2.45, 2.75) is 26.7 Å². The first-order valence-corrected chi connectivity index (χ1v) is 8.72. The van der Waals surface area contributed by atoms with Crippen LogP contribution in [-0.2, 0) is 11.2 Å². The second kappa shape index (κ2) is 7.21. The lowest BCUT2D eigenvalue weighted by atomic mass is 10.1. The lowest BCUT2D eigenvalue weighted by Gasteiger charge is -2.20. The van der Waals surface area contributed by atoms with Crippen LogP contribution >= 0.6 is 0 Å². The SMILES string of the molecule is CCOCC1CCN(C(=O)Nc2ccc3c(c2)N(CC)CC3)C1. The standard InChI is InChI=1S/C18H27N3O2/c1-3-20-10-8-15-5-6-16(11-17(15)20)19-18(22)21-9-7-14(12-21)13-23-4-2/h5-6,11,14H,3-4,7-10,12-13H2,1-2H3,(H,19,22). The number of anilines is 2. The minimum atomic E-state index is 0.00462. The lowest BCUT2D eigenvalue weighted by molar-refractivity contribution is 0.113. The molecule has 1 aromatic carbocycles.